The van der Waals surface area contributed by atoms with Crippen LogP contribution in [-0.4, -0.2) is 40.9 Å². The Hall–Kier alpha value is -3.76. The number of carbonyl (C=O) groups excluding carboxylic acids is 2. The Kier molecular flexibility index (Phi) is 8.21. The van der Waals surface area contributed by atoms with E-state index in [4.69, 9.17) is 25.8 Å². The van der Waals surface area contributed by atoms with E-state index in [2.05, 4.69) is 10.0 Å². The molecule has 1 amide bonds. The highest BCUT2D eigenvalue weighted by molar-refractivity contribution is 7.92. The third kappa shape index (κ3) is 6.43. The summed E-state index contributed by atoms with van der Waals surface area (Å²) in [6, 6.07) is 15.2. The number of Topliss-reactive ketones (excluding diaryl/α,β-unsaturated/α-hetero) is 1. The van der Waals surface area contributed by atoms with Crippen LogP contribution in [0.1, 0.15) is 17.3 Å². The van der Waals surface area contributed by atoms with Gasteiger partial charge >= 0.3 is 0 Å². The fourth-order valence-corrected chi connectivity index (χ4v) is 4.57. The summed E-state index contributed by atoms with van der Waals surface area (Å²) in [6.45, 7) is 1.04. The minimum absolute atomic E-state index is 0.0779. The Balaban J connectivity index is 1.75. The van der Waals surface area contributed by atoms with Crippen molar-refractivity contribution >= 4 is 44.7 Å². The average Bonchev–Trinajstić information content (AvgIpc) is 2.83. The standard InChI is InChI=1S/C24H23ClN2O7S/c1-15(28)16-8-10-20(22(12-16)33-3)34-14-24(29)26-17-9-11-21(32-2)23(13-17)35(30,31)27-19-7-5-4-6-18(19)25/h4-13,27H,14H2,1-3H3,(H,26,29). The second kappa shape index (κ2) is 11.1. The minimum atomic E-state index is -4.10. The summed E-state index contributed by atoms with van der Waals surface area (Å²) < 4.78 is 44.3. The molecule has 3 aromatic carbocycles. The SMILES string of the molecule is COc1cc(C(C)=O)ccc1OCC(=O)Nc1ccc(OC)c(S(=O)(=O)Nc2ccccc2Cl)c1. The first-order valence-corrected chi connectivity index (χ1v) is 12.1. The number of hydrogen-bond donors (Lipinski definition) is 2. The van der Waals surface area contributed by atoms with Crippen LogP contribution in [-0.2, 0) is 14.8 Å². The third-order valence-electron chi connectivity index (χ3n) is 4.78. The van der Waals surface area contributed by atoms with Gasteiger partial charge in [0, 0.05) is 11.3 Å². The summed E-state index contributed by atoms with van der Waals surface area (Å²) in [4.78, 5) is 23.8. The van der Waals surface area contributed by atoms with E-state index in [1.165, 1.54) is 57.5 Å². The van der Waals surface area contributed by atoms with Gasteiger partial charge in [-0.3, -0.25) is 14.3 Å². The number of ketones is 1. The average molecular weight is 519 g/mol. The molecule has 0 saturated heterocycles. The maximum Gasteiger partial charge on any atom is 0.265 e. The van der Waals surface area contributed by atoms with E-state index in [1.807, 2.05) is 0 Å². The summed E-state index contributed by atoms with van der Waals surface area (Å²) in [6.07, 6.45) is 0. The lowest BCUT2D eigenvalue weighted by Crippen LogP contribution is -2.21. The van der Waals surface area contributed by atoms with E-state index in [9.17, 15) is 18.0 Å². The molecule has 0 aliphatic rings. The molecule has 0 aliphatic carbocycles. The zero-order valence-electron chi connectivity index (χ0n) is 19.1. The Bertz CT molecular complexity index is 1360. The number of nitrogens with one attached hydrogen (secondary N) is 2. The second-order valence-corrected chi connectivity index (χ2v) is 9.27. The van der Waals surface area contributed by atoms with Gasteiger partial charge in [-0.2, -0.15) is 0 Å². The molecule has 35 heavy (non-hydrogen) atoms. The highest BCUT2D eigenvalue weighted by Gasteiger charge is 2.22. The van der Waals surface area contributed by atoms with E-state index in [0.29, 0.717) is 11.3 Å². The zero-order chi connectivity index (χ0) is 25.6. The van der Waals surface area contributed by atoms with Crippen molar-refractivity contribution in [3.05, 3.63) is 71.2 Å². The van der Waals surface area contributed by atoms with Crippen LogP contribution in [0.4, 0.5) is 11.4 Å². The lowest BCUT2D eigenvalue weighted by atomic mass is 10.1. The molecule has 2 N–H and O–H groups in total. The van der Waals surface area contributed by atoms with Gasteiger partial charge < -0.3 is 19.5 Å². The first kappa shape index (κ1) is 25.9. The molecule has 0 unspecified atom stereocenters. The van der Waals surface area contributed by atoms with Gasteiger partial charge in [0.25, 0.3) is 15.9 Å². The maximum absolute atomic E-state index is 13.0. The quantitative estimate of drug-likeness (QED) is 0.382. The predicted molar refractivity (Wildman–Crippen MR) is 132 cm³/mol. The molecule has 0 aliphatic heterocycles. The fraction of sp³-hybridized carbons (Fsp3) is 0.167. The van der Waals surface area contributed by atoms with Gasteiger partial charge in [-0.1, -0.05) is 23.7 Å². The number of carbonyl (C=O) groups is 2. The lowest BCUT2D eigenvalue weighted by Gasteiger charge is -2.15. The van der Waals surface area contributed by atoms with Crippen LogP contribution in [0.3, 0.4) is 0 Å². The number of hydrogen-bond acceptors (Lipinski definition) is 7. The van der Waals surface area contributed by atoms with Crippen LogP contribution in [0.15, 0.2) is 65.6 Å². The Morgan fingerprint density at radius 3 is 2.26 bits per heavy atom. The zero-order valence-corrected chi connectivity index (χ0v) is 20.7. The molecule has 0 spiro atoms. The summed E-state index contributed by atoms with van der Waals surface area (Å²) in [7, 11) is -1.35. The Morgan fingerprint density at radius 2 is 1.60 bits per heavy atom. The van der Waals surface area contributed by atoms with Crippen LogP contribution >= 0.6 is 11.6 Å². The smallest absolute Gasteiger partial charge is 0.265 e. The summed E-state index contributed by atoms with van der Waals surface area (Å²) in [5.74, 6) is -0.0326. The van der Waals surface area contributed by atoms with Crippen molar-refractivity contribution in [3.63, 3.8) is 0 Å². The van der Waals surface area contributed by atoms with Crippen molar-refractivity contribution in [1.29, 1.82) is 0 Å². The molecule has 184 valence electrons. The Morgan fingerprint density at radius 1 is 0.914 bits per heavy atom. The van der Waals surface area contributed by atoms with Gasteiger partial charge in [0.1, 0.15) is 10.6 Å². The molecular formula is C24H23ClN2O7S. The molecule has 0 atom stereocenters. The minimum Gasteiger partial charge on any atom is -0.495 e. The molecular weight excluding hydrogens is 496 g/mol. The first-order valence-electron chi connectivity index (χ1n) is 10.2. The fourth-order valence-electron chi connectivity index (χ4n) is 3.05. The van der Waals surface area contributed by atoms with Crippen molar-refractivity contribution in [2.24, 2.45) is 0 Å². The molecule has 3 aromatic rings. The number of ether oxygens (including phenoxy) is 3. The maximum atomic E-state index is 13.0. The van der Waals surface area contributed by atoms with Gasteiger partial charge in [-0.15, -0.1) is 0 Å². The topological polar surface area (TPSA) is 120 Å². The number of sulfonamides is 1. The Labute approximate surface area is 208 Å². The second-order valence-electron chi connectivity index (χ2n) is 7.21. The number of anilines is 2. The highest BCUT2D eigenvalue weighted by atomic mass is 35.5. The van der Waals surface area contributed by atoms with Gasteiger partial charge in [-0.25, -0.2) is 8.42 Å². The number of methoxy groups -OCH3 is 2. The molecule has 3 rings (SSSR count). The number of amides is 1. The monoisotopic (exact) mass is 518 g/mol. The van der Waals surface area contributed by atoms with Crippen LogP contribution in [0.5, 0.6) is 17.2 Å². The summed E-state index contributed by atoms with van der Waals surface area (Å²) in [5.41, 5.74) is 0.845. The molecule has 0 aromatic heterocycles. The van der Waals surface area contributed by atoms with E-state index in [-0.39, 0.29) is 45.2 Å². The normalized spacial score (nSPS) is 10.9. The van der Waals surface area contributed by atoms with Crippen molar-refractivity contribution in [2.75, 3.05) is 30.9 Å². The molecule has 0 fully saturated rings. The molecule has 0 radical (unpaired) electrons. The first-order chi connectivity index (χ1) is 16.6. The molecule has 0 heterocycles. The van der Waals surface area contributed by atoms with Crippen molar-refractivity contribution in [3.8, 4) is 17.2 Å². The molecule has 11 heteroatoms. The molecule has 9 nitrogen and oxygen atoms in total. The van der Waals surface area contributed by atoms with Crippen molar-refractivity contribution in [2.45, 2.75) is 11.8 Å². The third-order valence-corrected chi connectivity index (χ3v) is 6.50. The largest absolute Gasteiger partial charge is 0.495 e. The number of rotatable bonds is 10. The lowest BCUT2D eigenvalue weighted by molar-refractivity contribution is -0.118. The van der Waals surface area contributed by atoms with E-state index >= 15 is 0 Å². The molecule has 0 bridgehead atoms. The number of para-hydroxylation sites is 1. The predicted octanol–water partition coefficient (Wildman–Crippen LogP) is 4.38. The number of benzene rings is 3. The van der Waals surface area contributed by atoms with Crippen LogP contribution in [0.25, 0.3) is 0 Å². The van der Waals surface area contributed by atoms with Gasteiger partial charge in [-0.05, 0) is 55.5 Å². The summed E-state index contributed by atoms with van der Waals surface area (Å²) in [5, 5.41) is 2.81. The molecule has 0 saturated carbocycles. The van der Waals surface area contributed by atoms with Gasteiger partial charge in [0.15, 0.2) is 23.9 Å². The number of halogens is 1. The van der Waals surface area contributed by atoms with Gasteiger partial charge in [0.05, 0.1) is 24.9 Å². The van der Waals surface area contributed by atoms with Crippen LogP contribution < -0.4 is 24.2 Å². The van der Waals surface area contributed by atoms with Crippen molar-refractivity contribution in [1.82, 2.24) is 0 Å². The van der Waals surface area contributed by atoms with Gasteiger partial charge in [0.2, 0.25) is 0 Å². The van der Waals surface area contributed by atoms with E-state index in [1.54, 1.807) is 24.3 Å². The summed E-state index contributed by atoms with van der Waals surface area (Å²) >= 11 is 6.07. The van der Waals surface area contributed by atoms with E-state index in [0.717, 1.165) is 0 Å². The van der Waals surface area contributed by atoms with Crippen LogP contribution in [0.2, 0.25) is 5.02 Å². The van der Waals surface area contributed by atoms with Crippen LogP contribution in [0, 0.1) is 0 Å². The highest BCUT2D eigenvalue weighted by Crippen LogP contribution is 2.31. The van der Waals surface area contributed by atoms with E-state index < -0.39 is 15.9 Å². The van der Waals surface area contributed by atoms with Crippen molar-refractivity contribution < 1.29 is 32.2 Å².